The molecule has 2 aromatic rings. The van der Waals surface area contributed by atoms with Gasteiger partial charge in [-0.2, -0.15) is 0 Å². The summed E-state index contributed by atoms with van der Waals surface area (Å²) >= 11 is 0. The third kappa shape index (κ3) is 4.46. The summed E-state index contributed by atoms with van der Waals surface area (Å²) in [7, 11) is 1.78. The maximum absolute atomic E-state index is 13.2. The second-order valence-electron chi connectivity index (χ2n) is 6.83. The molecule has 3 rings (SSSR count). The van der Waals surface area contributed by atoms with Gasteiger partial charge in [0.15, 0.2) is 0 Å². The maximum atomic E-state index is 13.2. The minimum absolute atomic E-state index is 0.0243. The van der Waals surface area contributed by atoms with Crippen molar-refractivity contribution in [3.63, 3.8) is 0 Å². The van der Waals surface area contributed by atoms with Crippen LogP contribution in [0.4, 0.5) is 4.39 Å². The van der Waals surface area contributed by atoms with Crippen molar-refractivity contribution in [1.82, 2.24) is 15.8 Å². The van der Waals surface area contributed by atoms with Crippen LogP contribution in [-0.4, -0.2) is 37.0 Å². The van der Waals surface area contributed by atoms with Crippen LogP contribution in [0.1, 0.15) is 17.2 Å². The number of nitrogens with two attached hydrogens (primary N) is 1. The van der Waals surface area contributed by atoms with Crippen LogP contribution in [0.25, 0.3) is 0 Å². The van der Waals surface area contributed by atoms with Crippen LogP contribution in [0.5, 0.6) is 0 Å². The summed E-state index contributed by atoms with van der Waals surface area (Å²) in [5.41, 5.74) is 14.5. The molecule has 1 amide bonds. The Balaban J connectivity index is 1.59. The van der Waals surface area contributed by atoms with E-state index in [1.54, 1.807) is 24.1 Å². The molecule has 2 aromatic carbocycles. The molecule has 3 atom stereocenters. The van der Waals surface area contributed by atoms with Crippen molar-refractivity contribution < 1.29 is 9.18 Å². The molecule has 1 saturated heterocycles. The zero-order valence-electron chi connectivity index (χ0n) is 14.9. The van der Waals surface area contributed by atoms with E-state index in [2.05, 4.69) is 10.9 Å². The lowest BCUT2D eigenvalue weighted by molar-refractivity contribution is -0.131. The smallest absolute Gasteiger partial charge is 0.239 e. The van der Waals surface area contributed by atoms with Crippen LogP contribution in [0, 0.1) is 11.7 Å². The monoisotopic (exact) mass is 356 g/mol. The Kier molecular flexibility index (Phi) is 5.98. The van der Waals surface area contributed by atoms with Gasteiger partial charge in [0, 0.05) is 26.1 Å². The first kappa shape index (κ1) is 18.5. The fourth-order valence-electron chi connectivity index (χ4n) is 3.41. The number of hydrogen-bond donors (Lipinski definition) is 3. The van der Waals surface area contributed by atoms with Gasteiger partial charge in [-0.15, -0.1) is 0 Å². The summed E-state index contributed by atoms with van der Waals surface area (Å²) in [4.78, 5) is 14.3. The molecule has 4 N–H and O–H groups in total. The van der Waals surface area contributed by atoms with Crippen molar-refractivity contribution in [3.8, 4) is 0 Å². The molecular formula is C20H25FN4O. The number of hydrazine groups is 1. The second kappa shape index (κ2) is 8.40. The number of amides is 1. The summed E-state index contributed by atoms with van der Waals surface area (Å²) < 4.78 is 13.2. The zero-order valence-corrected chi connectivity index (χ0v) is 14.9. The van der Waals surface area contributed by atoms with Gasteiger partial charge in [0.2, 0.25) is 5.91 Å². The first-order valence-corrected chi connectivity index (χ1v) is 8.83. The molecule has 0 aliphatic carbocycles. The van der Waals surface area contributed by atoms with Crippen LogP contribution < -0.4 is 16.6 Å². The van der Waals surface area contributed by atoms with Gasteiger partial charge in [-0.05, 0) is 29.7 Å². The highest BCUT2D eigenvalue weighted by Crippen LogP contribution is 2.25. The lowest BCUT2D eigenvalue weighted by Gasteiger charge is -2.27. The average molecular weight is 356 g/mol. The van der Waals surface area contributed by atoms with E-state index in [1.165, 1.54) is 12.1 Å². The van der Waals surface area contributed by atoms with E-state index in [0.717, 1.165) is 17.7 Å². The van der Waals surface area contributed by atoms with E-state index < -0.39 is 6.04 Å². The number of nitrogens with one attached hydrogen (secondary N) is 2. The van der Waals surface area contributed by atoms with Gasteiger partial charge in [0.05, 0.1) is 12.1 Å². The number of nitrogens with zero attached hydrogens (tertiary/aromatic N) is 1. The highest BCUT2D eigenvalue weighted by Gasteiger charge is 2.31. The van der Waals surface area contributed by atoms with E-state index >= 15 is 0 Å². The summed E-state index contributed by atoms with van der Waals surface area (Å²) in [6.07, 6.45) is 0.520. The van der Waals surface area contributed by atoms with Gasteiger partial charge in [-0.25, -0.2) is 9.82 Å². The second-order valence-corrected chi connectivity index (χ2v) is 6.83. The van der Waals surface area contributed by atoms with Gasteiger partial charge in [0.25, 0.3) is 0 Å². The SMILES string of the molecule is CN(CC1CNNC1c1ccc(F)cc1)C(=O)[C@H](N)Cc1ccccc1. The number of halogens is 1. The topological polar surface area (TPSA) is 70.4 Å². The average Bonchev–Trinajstić information content (AvgIpc) is 3.10. The van der Waals surface area contributed by atoms with E-state index in [9.17, 15) is 9.18 Å². The Morgan fingerprint density at radius 1 is 1.23 bits per heavy atom. The lowest BCUT2D eigenvalue weighted by atomic mass is 9.94. The highest BCUT2D eigenvalue weighted by atomic mass is 19.1. The summed E-state index contributed by atoms with van der Waals surface area (Å²) in [6, 6.07) is 15.7. The third-order valence-electron chi connectivity index (χ3n) is 4.82. The van der Waals surface area contributed by atoms with Crippen LogP contribution in [0.15, 0.2) is 54.6 Å². The molecule has 0 aromatic heterocycles. The fourth-order valence-corrected chi connectivity index (χ4v) is 3.41. The molecule has 6 heteroatoms. The van der Waals surface area contributed by atoms with Gasteiger partial charge in [0.1, 0.15) is 5.82 Å². The molecular weight excluding hydrogens is 331 g/mol. The van der Waals surface area contributed by atoms with Crippen molar-refractivity contribution in [2.45, 2.75) is 18.5 Å². The van der Waals surface area contributed by atoms with Crippen molar-refractivity contribution in [1.29, 1.82) is 0 Å². The van der Waals surface area contributed by atoms with Gasteiger partial charge >= 0.3 is 0 Å². The third-order valence-corrected chi connectivity index (χ3v) is 4.82. The molecule has 26 heavy (non-hydrogen) atoms. The summed E-state index contributed by atoms with van der Waals surface area (Å²) in [6.45, 7) is 1.30. The summed E-state index contributed by atoms with van der Waals surface area (Å²) in [5, 5.41) is 0. The number of benzene rings is 2. The van der Waals surface area contributed by atoms with Gasteiger partial charge in [-0.3, -0.25) is 10.2 Å². The molecule has 138 valence electrons. The molecule has 5 nitrogen and oxygen atoms in total. The molecule has 0 bridgehead atoms. The minimum Gasteiger partial charge on any atom is -0.344 e. The van der Waals surface area contributed by atoms with Crippen LogP contribution >= 0.6 is 0 Å². The molecule has 1 fully saturated rings. The van der Waals surface area contributed by atoms with E-state index in [-0.39, 0.29) is 23.7 Å². The number of carbonyl (C=O) groups excluding carboxylic acids is 1. The normalized spacial score (nSPS) is 20.7. The Labute approximate surface area is 153 Å². The quantitative estimate of drug-likeness (QED) is 0.736. The van der Waals surface area contributed by atoms with Gasteiger partial charge in [-0.1, -0.05) is 42.5 Å². The van der Waals surface area contributed by atoms with E-state index in [4.69, 9.17) is 5.73 Å². The number of likely N-dealkylation sites (N-methyl/N-ethyl adjacent to an activating group) is 1. The molecule has 1 aliphatic rings. The molecule has 0 saturated carbocycles. The Morgan fingerprint density at radius 2 is 1.92 bits per heavy atom. The number of hydrogen-bond acceptors (Lipinski definition) is 4. The van der Waals surface area contributed by atoms with Crippen molar-refractivity contribution in [2.24, 2.45) is 11.7 Å². The van der Waals surface area contributed by atoms with Crippen molar-refractivity contribution in [2.75, 3.05) is 20.1 Å². The fraction of sp³-hybridized carbons (Fsp3) is 0.350. The molecule has 1 heterocycles. The largest absolute Gasteiger partial charge is 0.344 e. The number of carbonyl (C=O) groups is 1. The Hall–Kier alpha value is -2.28. The highest BCUT2D eigenvalue weighted by molar-refractivity contribution is 5.81. The van der Waals surface area contributed by atoms with Gasteiger partial charge < -0.3 is 10.6 Å². The van der Waals surface area contributed by atoms with E-state index in [1.807, 2.05) is 30.3 Å². The first-order chi connectivity index (χ1) is 12.5. The molecule has 1 aliphatic heterocycles. The van der Waals surface area contributed by atoms with Crippen LogP contribution in [-0.2, 0) is 11.2 Å². The molecule has 0 spiro atoms. The maximum Gasteiger partial charge on any atom is 0.239 e. The predicted octanol–water partition coefficient (Wildman–Crippen LogP) is 1.62. The van der Waals surface area contributed by atoms with Crippen molar-refractivity contribution >= 4 is 5.91 Å². The van der Waals surface area contributed by atoms with Crippen molar-refractivity contribution in [3.05, 3.63) is 71.5 Å². The first-order valence-electron chi connectivity index (χ1n) is 8.83. The number of rotatable bonds is 6. The minimum atomic E-state index is -0.561. The molecule has 2 unspecified atom stereocenters. The van der Waals surface area contributed by atoms with Crippen LogP contribution in [0.3, 0.4) is 0 Å². The van der Waals surface area contributed by atoms with E-state index in [0.29, 0.717) is 13.0 Å². The summed E-state index contributed by atoms with van der Waals surface area (Å²) in [5.74, 6) is -0.146. The van der Waals surface area contributed by atoms with Crippen LogP contribution in [0.2, 0.25) is 0 Å². The lowest BCUT2D eigenvalue weighted by Crippen LogP contribution is -2.45. The Bertz CT molecular complexity index is 722. The standard InChI is InChI=1S/C20H25FN4O/c1-25(20(26)18(22)11-14-5-3-2-4-6-14)13-16-12-23-24-19(16)15-7-9-17(21)10-8-15/h2-10,16,18-19,23-24H,11-13,22H2,1H3/t16?,18-,19?/m1/s1. The zero-order chi connectivity index (χ0) is 18.5. The predicted molar refractivity (Wildman–Crippen MR) is 99.5 cm³/mol. The Morgan fingerprint density at radius 3 is 2.62 bits per heavy atom. The molecule has 0 radical (unpaired) electrons.